The molecule has 3 aromatic heterocycles. The second-order valence-electron chi connectivity index (χ2n) is 11.8. The van der Waals surface area contributed by atoms with E-state index in [9.17, 15) is 12.8 Å². The highest BCUT2D eigenvalue weighted by Crippen LogP contribution is 2.30. The zero-order chi connectivity index (χ0) is 30.9. The number of hydrogen-bond acceptors (Lipinski definition) is 6. The fraction of sp³-hybridized carbons (Fsp3) is 0.424. The van der Waals surface area contributed by atoms with Crippen molar-refractivity contribution in [3.8, 4) is 29.0 Å². The number of unbranched alkanes of at least 4 members (excludes halogenated alkanes) is 7. The Morgan fingerprint density at radius 3 is 2.33 bits per heavy atom. The van der Waals surface area contributed by atoms with Gasteiger partial charge in [0.25, 0.3) is 10.0 Å². The summed E-state index contributed by atoms with van der Waals surface area (Å²) in [5.74, 6) is 6.01. The Morgan fingerprint density at radius 1 is 0.930 bits per heavy atom. The number of aromatic nitrogens is 4. The summed E-state index contributed by atoms with van der Waals surface area (Å²) >= 11 is 0. The molecule has 4 aromatic rings. The Balaban J connectivity index is 1.39. The van der Waals surface area contributed by atoms with Crippen LogP contribution in [0.1, 0.15) is 84.3 Å². The summed E-state index contributed by atoms with van der Waals surface area (Å²) in [4.78, 5) is 8.59. The summed E-state index contributed by atoms with van der Waals surface area (Å²) in [5, 5.41) is 4.70. The molecule has 0 bridgehead atoms. The van der Waals surface area contributed by atoms with Gasteiger partial charge in [-0.3, -0.25) is 4.72 Å². The van der Waals surface area contributed by atoms with E-state index < -0.39 is 15.8 Å². The maximum atomic E-state index is 13.3. The molecule has 10 heteroatoms. The first-order valence-corrected chi connectivity index (χ1v) is 16.2. The number of benzene rings is 1. The highest BCUT2D eigenvalue weighted by molar-refractivity contribution is 7.92. The smallest absolute Gasteiger partial charge is 0.262 e. The standard InChI is InChI=1S/C33H40FN5O3S/c1-33(2,3)21-13-11-9-7-5-6-8-10-12-14-27-24-35-31-20-19-29(37-39(27)31)25-22-30(32(42-4)36-23-25)38-43(40,41)28-17-15-26(34)16-18-28/h15-20,22-24,38H,5-11,13,21H2,1-4H3. The second kappa shape index (κ2) is 14.5. The van der Waals surface area contributed by atoms with Crippen LogP contribution in [-0.2, 0) is 10.0 Å². The second-order valence-corrected chi connectivity index (χ2v) is 13.5. The van der Waals surface area contributed by atoms with E-state index in [1.165, 1.54) is 64.2 Å². The van der Waals surface area contributed by atoms with E-state index in [1.807, 2.05) is 6.07 Å². The zero-order valence-corrected chi connectivity index (χ0v) is 26.2. The van der Waals surface area contributed by atoms with Gasteiger partial charge in [0.15, 0.2) is 5.65 Å². The Kier molecular flexibility index (Phi) is 10.8. The first kappa shape index (κ1) is 32.0. The van der Waals surface area contributed by atoms with Crippen molar-refractivity contribution in [1.29, 1.82) is 0 Å². The number of halogens is 1. The molecule has 0 aliphatic carbocycles. The van der Waals surface area contributed by atoms with Gasteiger partial charge in [-0.1, -0.05) is 65.2 Å². The van der Waals surface area contributed by atoms with Gasteiger partial charge < -0.3 is 4.74 Å². The van der Waals surface area contributed by atoms with Crippen molar-refractivity contribution in [2.24, 2.45) is 5.41 Å². The van der Waals surface area contributed by atoms with Gasteiger partial charge >= 0.3 is 0 Å². The van der Waals surface area contributed by atoms with Gasteiger partial charge in [-0.15, -0.1) is 0 Å². The highest BCUT2D eigenvalue weighted by Gasteiger charge is 2.19. The van der Waals surface area contributed by atoms with Crippen LogP contribution in [0.2, 0.25) is 0 Å². The minimum Gasteiger partial charge on any atom is -0.480 e. The molecule has 0 fully saturated rings. The summed E-state index contributed by atoms with van der Waals surface area (Å²) in [5.41, 5.74) is 3.00. The molecule has 0 amide bonds. The van der Waals surface area contributed by atoms with Crippen LogP contribution >= 0.6 is 0 Å². The number of methoxy groups -OCH3 is 1. The maximum absolute atomic E-state index is 13.3. The van der Waals surface area contributed by atoms with Gasteiger partial charge in [0.05, 0.1) is 23.9 Å². The SMILES string of the molecule is COc1ncc(-c2ccc3ncc(C#CCCCCCCCCCC(C)(C)C)n3n2)cc1NS(=O)(=O)c1ccc(F)cc1. The highest BCUT2D eigenvalue weighted by atomic mass is 32.2. The Morgan fingerprint density at radius 2 is 1.63 bits per heavy atom. The van der Waals surface area contributed by atoms with E-state index >= 15 is 0 Å². The third-order valence-electron chi connectivity index (χ3n) is 7.02. The molecule has 3 heterocycles. The number of nitrogens with zero attached hydrogens (tertiary/aromatic N) is 4. The molecule has 0 saturated carbocycles. The third-order valence-corrected chi connectivity index (χ3v) is 8.40. The lowest BCUT2D eigenvalue weighted by atomic mass is 9.89. The van der Waals surface area contributed by atoms with Crippen molar-refractivity contribution in [3.63, 3.8) is 0 Å². The van der Waals surface area contributed by atoms with E-state index in [0.29, 0.717) is 28.0 Å². The van der Waals surface area contributed by atoms with Crippen LogP contribution < -0.4 is 9.46 Å². The number of anilines is 1. The minimum absolute atomic E-state index is 0.0882. The number of ether oxygens (including phenoxy) is 1. The van der Waals surface area contributed by atoms with Gasteiger partial charge in [0.2, 0.25) is 5.88 Å². The molecular formula is C33H40FN5O3S. The quantitative estimate of drug-likeness (QED) is 0.124. The number of imidazole rings is 1. The van der Waals surface area contributed by atoms with Crippen LogP contribution in [0.5, 0.6) is 5.88 Å². The fourth-order valence-corrected chi connectivity index (χ4v) is 5.71. The largest absolute Gasteiger partial charge is 0.480 e. The van der Waals surface area contributed by atoms with Crippen molar-refractivity contribution in [2.75, 3.05) is 11.8 Å². The average molecular weight is 606 g/mol. The van der Waals surface area contributed by atoms with Crippen LogP contribution in [0.15, 0.2) is 59.8 Å². The predicted octanol–water partition coefficient (Wildman–Crippen LogP) is 7.65. The van der Waals surface area contributed by atoms with Crippen molar-refractivity contribution in [2.45, 2.75) is 83.5 Å². The van der Waals surface area contributed by atoms with Crippen molar-refractivity contribution in [3.05, 3.63) is 66.4 Å². The van der Waals surface area contributed by atoms with E-state index in [2.05, 4.69) is 47.3 Å². The van der Waals surface area contributed by atoms with Crippen molar-refractivity contribution in [1.82, 2.24) is 19.6 Å². The van der Waals surface area contributed by atoms with Crippen LogP contribution in [-0.4, -0.2) is 35.1 Å². The lowest BCUT2D eigenvalue weighted by Crippen LogP contribution is -2.14. The Hall–Kier alpha value is -3.97. The number of sulfonamides is 1. The average Bonchev–Trinajstić information content (AvgIpc) is 3.37. The molecule has 8 nitrogen and oxygen atoms in total. The fourth-order valence-electron chi connectivity index (χ4n) is 4.66. The maximum Gasteiger partial charge on any atom is 0.262 e. The summed E-state index contributed by atoms with van der Waals surface area (Å²) < 4.78 is 48.6. The monoisotopic (exact) mass is 605 g/mol. The summed E-state index contributed by atoms with van der Waals surface area (Å²) in [6.07, 6.45) is 14.1. The van der Waals surface area contributed by atoms with E-state index in [4.69, 9.17) is 9.84 Å². The number of rotatable bonds is 13. The molecule has 1 aromatic carbocycles. The van der Waals surface area contributed by atoms with E-state index in [1.54, 1.807) is 29.0 Å². The summed E-state index contributed by atoms with van der Waals surface area (Å²) in [6, 6.07) is 9.74. The van der Waals surface area contributed by atoms with E-state index in [0.717, 1.165) is 25.0 Å². The molecule has 43 heavy (non-hydrogen) atoms. The molecule has 0 atom stereocenters. The van der Waals surface area contributed by atoms with Crippen LogP contribution in [0, 0.1) is 23.1 Å². The van der Waals surface area contributed by atoms with Crippen molar-refractivity contribution >= 4 is 21.4 Å². The first-order chi connectivity index (χ1) is 20.6. The molecule has 0 aliphatic rings. The van der Waals surface area contributed by atoms with E-state index in [-0.39, 0.29) is 16.5 Å². The van der Waals surface area contributed by atoms with Gasteiger partial charge in [-0.25, -0.2) is 27.3 Å². The summed E-state index contributed by atoms with van der Waals surface area (Å²) in [7, 11) is -2.62. The Labute approximate surface area is 254 Å². The molecule has 0 aliphatic heterocycles. The molecule has 0 unspecified atom stereocenters. The number of nitrogens with one attached hydrogen (secondary N) is 1. The van der Waals surface area contributed by atoms with Crippen LogP contribution in [0.3, 0.4) is 0 Å². The Bertz CT molecular complexity index is 1680. The zero-order valence-electron chi connectivity index (χ0n) is 25.4. The van der Waals surface area contributed by atoms with Gasteiger partial charge in [0.1, 0.15) is 17.2 Å². The molecule has 1 N–H and O–H groups in total. The first-order valence-electron chi connectivity index (χ1n) is 14.7. The summed E-state index contributed by atoms with van der Waals surface area (Å²) in [6.45, 7) is 6.91. The molecule has 228 valence electrons. The van der Waals surface area contributed by atoms with Gasteiger partial charge in [-0.2, -0.15) is 5.10 Å². The van der Waals surface area contributed by atoms with Crippen molar-refractivity contribution < 1.29 is 17.5 Å². The normalized spacial score (nSPS) is 11.7. The predicted molar refractivity (Wildman–Crippen MR) is 168 cm³/mol. The topological polar surface area (TPSA) is 98.5 Å². The van der Waals surface area contributed by atoms with Gasteiger partial charge in [-0.05, 0) is 66.6 Å². The molecule has 0 saturated heterocycles. The molecule has 0 spiro atoms. The van der Waals surface area contributed by atoms with Crippen LogP contribution in [0.4, 0.5) is 10.1 Å². The number of pyridine rings is 1. The molecular weight excluding hydrogens is 565 g/mol. The van der Waals surface area contributed by atoms with Gasteiger partial charge in [0, 0.05) is 18.2 Å². The third kappa shape index (κ3) is 9.26. The number of fused-ring (bicyclic) bond motifs is 1. The lowest BCUT2D eigenvalue weighted by molar-refractivity contribution is 0.356. The van der Waals surface area contributed by atoms with Crippen LogP contribution in [0.25, 0.3) is 16.9 Å². The molecule has 4 rings (SSSR count). The minimum atomic E-state index is -4.01. The lowest BCUT2D eigenvalue weighted by Gasteiger charge is -2.17. The molecule has 0 radical (unpaired) electrons. The number of hydrogen-bond donors (Lipinski definition) is 1.